The van der Waals surface area contributed by atoms with Crippen LogP contribution in [-0.2, 0) is 0 Å². The van der Waals surface area contributed by atoms with Gasteiger partial charge < -0.3 is 14.2 Å². The van der Waals surface area contributed by atoms with E-state index in [0.717, 1.165) is 10.8 Å². The smallest absolute Gasteiger partial charge is 0.343 e. The van der Waals surface area contributed by atoms with E-state index in [4.69, 9.17) is 14.2 Å². The molecule has 4 aromatic rings. The first-order valence-electron chi connectivity index (χ1n) is 10.4. The van der Waals surface area contributed by atoms with Gasteiger partial charge in [-0.05, 0) is 70.9 Å². The number of ether oxygens (including phenoxy) is 3. The molecule has 0 unspecified atom stereocenters. The number of nitrogens with one attached hydrogen (secondary N) is 1. The summed E-state index contributed by atoms with van der Waals surface area (Å²) in [5, 5.41) is 6.06. The maximum absolute atomic E-state index is 12.4. The lowest BCUT2D eigenvalue weighted by molar-refractivity contribution is 0.0729. The minimum Gasteiger partial charge on any atom is -0.497 e. The van der Waals surface area contributed by atoms with E-state index in [2.05, 4.69) is 10.5 Å². The first-order chi connectivity index (χ1) is 16.6. The normalized spacial score (nSPS) is 10.8. The highest BCUT2D eigenvalue weighted by Crippen LogP contribution is 2.28. The molecule has 170 valence electrons. The van der Waals surface area contributed by atoms with Crippen molar-refractivity contribution in [3.8, 4) is 17.2 Å². The van der Waals surface area contributed by atoms with Gasteiger partial charge in [0.1, 0.15) is 5.75 Å². The Morgan fingerprint density at radius 3 is 2.24 bits per heavy atom. The van der Waals surface area contributed by atoms with E-state index in [9.17, 15) is 9.59 Å². The van der Waals surface area contributed by atoms with Crippen LogP contribution in [0.25, 0.3) is 10.8 Å². The van der Waals surface area contributed by atoms with Crippen molar-refractivity contribution in [3.05, 3.63) is 102 Å². The second-order valence-electron chi connectivity index (χ2n) is 7.29. The molecule has 1 N–H and O–H groups in total. The zero-order chi connectivity index (χ0) is 23.9. The fourth-order valence-electron chi connectivity index (χ4n) is 3.30. The number of nitrogens with zero attached hydrogens (tertiary/aromatic N) is 1. The highest BCUT2D eigenvalue weighted by atomic mass is 16.6. The zero-order valence-electron chi connectivity index (χ0n) is 18.6. The Kier molecular flexibility index (Phi) is 6.84. The van der Waals surface area contributed by atoms with Crippen LogP contribution in [0.5, 0.6) is 17.2 Å². The molecule has 0 aliphatic rings. The molecule has 0 radical (unpaired) electrons. The predicted octanol–water partition coefficient (Wildman–Crippen LogP) is 4.84. The Bertz CT molecular complexity index is 1360. The molecule has 0 aromatic heterocycles. The molecule has 0 spiro atoms. The number of carbonyl (C=O) groups excluding carboxylic acids is 2. The van der Waals surface area contributed by atoms with Crippen molar-refractivity contribution in [1.29, 1.82) is 0 Å². The van der Waals surface area contributed by atoms with Crippen molar-refractivity contribution in [1.82, 2.24) is 5.43 Å². The number of hydrogen-bond donors (Lipinski definition) is 1. The quantitative estimate of drug-likeness (QED) is 0.187. The van der Waals surface area contributed by atoms with E-state index >= 15 is 0 Å². The summed E-state index contributed by atoms with van der Waals surface area (Å²) >= 11 is 0. The Morgan fingerprint density at radius 1 is 0.765 bits per heavy atom. The fourth-order valence-corrected chi connectivity index (χ4v) is 3.30. The van der Waals surface area contributed by atoms with Crippen molar-refractivity contribution in [2.75, 3.05) is 14.2 Å². The molecule has 0 aliphatic heterocycles. The van der Waals surface area contributed by atoms with Gasteiger partial charge in [0.25, 0.3) is 5.91 Å². The van der Waals surface area contributed by atoms with Crippen molar-refractivity contribution in [2.45, 2.75) is 0 Å². The molecule has 0 aliphatic carbocycles. The molecule has 4 rings (SSSR count). The van der Waals surface area contributed by atoms with Gasteiger partial charge in [0.05, 0.1) is 26.0 Å². The Labute approximate surface area is 196 Å². The summed E-state index contributed by atoms with van der Waals surface area (Å²) in [5.74, 6) is 0.418. The number of esters is 1. The average Bonchev–Trinajstić information content (AvgIpc) is 2.89. The number of rotatable bonds is 7. The second-order valence-corrected chi connectivity index (χ2v) is 7.29. The molecule has 0 heterocycles. The maximum atomic E-state index is 12.4. The topological polar surface area (TPSA) is 86.2 Å². The van der Waals surface area contributed by atoms with E-state index in [1.807, 2.05) is 36.4 Å². The summed E-state index contributed by atoms with van der Waals surface area (Å²) in [6, 6.07) is 24.8. The van der Waals surface area contributed by atoms with Crippen LogP contribution >= 0.6 is 0 Å². The standard InChI is InChI=1S/C27H22N2O5/c1-32-23-12-10-20(11-13-23)27(31)34-24-14-7-18(15-25(24)33-2)17-28-29-26(30)22-9-8-19-5-3-4-6-21(19)16-22/h3-17H,1-2H3,(H,29,30)/b28-17-. The molecular weight excluding hydrogens is 432 g/mol. The van der Waals surface area contributed by atoms with Crippen LogP contribution in [0.15, 0.2) is 90.0 Å². The third-order valence-electron chi connectivity index (χ3n) is 5.11. The van der Waals surface area contributed by atoms with Crippen molar-refractivity contribution < 1.29 is 23.8 Å². The molecule has 4 aromatic carbocycles. The van der Waals surface area contributed by atoms with Gasteiger partial charge in [-0.25, -0.2) is 10.2 Å². The molecule has 0 saturated heterocycles. The van der Waals surface area contributed by atoms with Gasteiger partial charge in [-0.2, -0.15) is 5.10 Å². The number of methoxy groups -OCH3 is 2. The van der Waals surface area contributed by atoms with Crippen molar-refractivity contribution in [3.63, 3.8) is 0 Å². The summed E-state index contributed by atoms with van der Waals surface area (Å²) in [4.78, 5) is 24.9. The number of hydrazone groups is 1. The van der Waals surface area contributed by atoms with Crippen molar-refractivity contribution >= 4 is 28.9 Å². The van der Waals surface area contributed by atoms with Crippen LogP contribution in [0.4, 0.5) is 0 Å². The zero-order valence-corrected chi connectivity index (χ0v) is 18.6. The number of fused-ring (bicyclic) bond motifs is 1. The average molecular weight is 454 g/mol. The van der Waals surface area contributed by atoms with Crippen LogP contribution < -0.4 is 19.6 Å². The summed E-state index contributed by atoms with van der Waals surface area (Å²) in [5.41, 5.74) is 4.06. The summed E-state index contributed by atoms with van der Waals surface area (Å²) in [6.45, 7) is 0. The lowest BCUT2D eigenvalue weighted by atomic mass is 10.1. The lowest BCUT2D eigenvalue weighted by Gasteiger charge is -2.10. The molecule has 0 saturated carbocycles. The summed E-state index contributed by atoms with van der Waals surface area (Å²) < 4.78 is 15.9. The van der Waals surface area contributed by atoms with Gasteiger partial charge in [0, 0.05) is 5.56 Å². The van der Waals surface area contributed by atoms with Gasteiger partial charge in [-0.1, -0.05) is 30.3 Å². The highest BCUT2D eigenvalue weighted by molar-refractivity contribution is 5.99. The molecule has 7 heteroatoms. The number of benzene rings is 4. The Morgan fingerprint density at radius 2 is 1.50 bits per heavy atom. The van der Waals surface area contributed by atoms with E-state index in [1.165, 1.54) is 13.3 Å². The third kappa shape index (κ3) is 5.21. The van der Waals surface area contributed by atoms with Crippen LogP contribution in [0, 0.1) is 0 Å². The van der Waals surface area contributed by atoms with Crippen LogP contribution in [-0.4, -0.2) is 32.3 Å². The largest absolute Gasteiger partial charge is 0.497 e. The van der Waals surface area contributed by atoms with Crippen LogP contribution in [0.1, 0.15) is 26.3 Å². The minimum atomic E-state index is -0.523. The van der Waals surface area contributed by atoms with E-state index < -0.39 is 5.97 Å². The number of hydrogen-bond acceptors (Lipinski definition) is 6. The fraction of sp³-hybridized carbons (Fsp3) is 0.0741. The van der Waals surface area contributed by atoms with Gasteiger partial charge in [0.2, 0.25) is 0 Å². The third-order valence-corrected chi connectivity index (χ3v) is 5.11. The predicted molar refractivity (Wildman–Crippen MR) is 130 cm³/mol. The number of carbonyl (C=O) groups is 2. The molecule has 0 bridgehead atoms. The van der Waals surface area contributed by atoms with Gasteiger partial charge >= 0.3 is 5.97 Å². The Hall–Kier alpha value is -4.65. The molecule has 0 atom stereocenters. The second kappa shape index (κ2) is 10.3. The lowest BCUT2D eigenvalue weighted by Crippen LogP contribution is -2.17. The number of amides is 1. The van der Waals surface area contributed by atoms with Gasteiger partial charge in [-0.3, -0.25) is 4.79 Å². The van der Waals surface area contributed by atoms with E-state index in [0.29, 0.717) is 28.2 Å². The maximum Gasteiger partial charge on any atom is 0.343 e. The molecule has 7 nitrogen and oxygen atoms in total. The molecule has 0 fully saturated rings. The van der Waals surface area contributed by atoms with Gasteiger partial charge in [0.15, 0.2) is 11.5 Å². The van der Waals surface area contributed by atoms with Gasteiger partial charge in [-0.15, -0.1) is 0 Å². The SMILES string of the molecule is COc1ccc(C(=O)Oc2ccc(/C=N\NC(=O)c3ccc4ccccc4c3)cc2OC)cc1. The first kappa shape index (κ1) is 22.5. The highest BCUT2D eigenvalue weighted by Gasteiger charge is 2.13. The van der Waals surface area contributed by atoms with E-state index in [-0.39, 0.29) is 11.7 Å². The minimum absolute atomic E-state index is 0.265. The summed E-state index contributed by atoms with van der Waals surface area (Å²) in [6.07, 6.45) is 1.48. The monoisotopic (exact) mass is 454 g/mol. The molecule has 1 amide bonds. The first-order valence-corrected chi connectivity index (χ1v) is 10.4. The van der Waals surface area contributed by atoms with Crippen molar-refractivity contribution in [2.24, 2.45) is 5.10 Å². The Balaban J connectivity index is 1.42. The molecule has 34 heavy (non-hydrogen) atoms. The van der Waals surface area contributed by atoms with Crippen LogP contribution in [0.3, 0.4) is 0 Å². The van der Waals surface area contributed by atoms with E-state index in [1.54, 1.807) is 55.6 Å². The molecular formula is C27H22N2O5. The van der Waals surface area contributed by atoms with Crippen LogP contribution in [0.2, 0.25) is 0 Å². The summed E-state index contributed by atoms with van der Waals surface area (Å²) in [7, 11) is 3.03.